The molecule has 0 saturated heterocycles. The molecule has 2 rings (SSSR count). The monoisotopic (exact) mass is 338 g/mol. The van der Waals surface area contributed by atoms with Crippen LogP contribution < -0.4 is 16.4 Å². The van der Waals surface area contributed by atoms with Gasteiger partial charge in [0.2, 0.25) is 0 Å². The number of aromatic nitrogens is 1. The van der Waals surface area contributed by atoms with Gasteiger partial charge in [0.05, 0.1) is 5.69 Å². The Hall–Kier alpha value is -2.52. The van der Waals surface area contributed by atoms with Gasteiger partial charge in [0.15, 0.2) is 5.13 Å². The van der Waals surface area contributed by atoms with Crippen LogP contribution in [0.4, 0.5) is 14.3 Å². The Morgan fingerprint density at radius 3 is 2.83 bits per heavy atom. The lowest BCUT2D eigenvalue weighted by Gasteiger charge is -2.05. The highest BCUT2D eigenvalue weighted by Gasteiger charge is 2.16. The largest absolute Gasteiger partial charge is 0.396 e. The molecule has 0 spiro atoms. The van der Waals surface area contributed by atoms with Crippen LogP contribution in [0.25, 0.3) is 0 Å². The first-order chi connectivity index (χ1) is 11.0. The summed E-state index contributed by atoms with van der Waals surface area (Å²) < 4.78 is 13.0. The fourth-order valence-corrected chi connectivity index (χ4v) is 2.70. The number of halogens is 1. The molecule has 0 saturated carbocycles. The molecule has 1 aromatic carbocycles. The van der Waals surface area contributed by atoms with Crippen LogP contribution in [0, 0.1) is 5.82 Å². The van der Waals surface area contributed by atoms with E-state index >= 15 is 0 Å². The number of rotatable bonds is 6. The number of nitrogens with one attached hydrogen (secondary N) is 2. The van der Waals surface area contributed by atoms with Crippen LogP contribution in [0.1, 0.15) is 20.9 Å². The summed E-state index contributed by atoms with van der Waals surface area (Å²) in [4.78, 5) is 27.3. The highest BCUT2D eigenvalue weighted by atomic mass is 32.1. The fraction of sp³-hybridized carbons (Fsp3) is 0.214. The molecule has 0 unspecified atom stereocenters. The topological polar surface area (TPSA) is 117 Å². The normalized spacial score (nSPS) is 10.3. The molecule has 122 valence electrons. The van der Waals surface area contributed by atoms with E-state index in [0.717, 1.165) is 11.3 Å². The molecule has 0 aliphatic rings. The third-order valence-corrected chi connectivity index (χ3v) is 3.86. The van der Waals surface area contributed by atoms with E-state index in [1.54, 1.807) is 12.1 Å². The average molecular weight is 338 g/mol. The Balaban J connectivity index is 1.97. The van der Waals surface area contributed by atoms with Crippen molar-refractivity contribution in [3.05, 3.63) is 46.2 Å². The van der Waals surface area contributed by atoms with Crippen molar-refractivity contribution >= 4 is 28.4 Å². The van der Waals surface area contributed by atoms with E-state index in [-0.39, 0.29) is 35.4 Å². The third kappa shape index (κ3) is 4.73. The molecule has 0 aliphatic heterocycles. The van der Waals surface area contributed by atoms with Crippen molar-refractivity contribution in [2.75, 3.05) is 11.9 Å². The number of aliphatic hydroxyl groups excluding tert-OH is 1. The van der Waals surface area contributed by atoms with Crippen LogP contribution >= 0.6 is 11.3 Å². The number of urea groups is 1. The molecule has 3 amide bonds. The number of nitrogens with two attached hydrogens (primary N) is 1. The zero-order chi connectivity index (χ0) is 16.8. The van der Waals surface area contributed by atoms with Crippen LogP contribution in [-0.2, 0) is 13.0 Å². The van der Waals surface area contributed by atoms with Crippen molar-refractivity contribution in [3.8, 4) is 0 Å². The zero-order valence-corrected chi connectivity index (χ0v) is 12.8. The maximum atomic E-state index is 13.0. The molecule has 7 nitrogen and oxygen atoms in total. The molecule has 2 aromatic rings. The van der Waals surface area contributed by atoms with E-state index in [1.165, 1.54) is 12.1 Å². The summed E-state index contributed by atoms with van der Waals surface area (Å²) in [7, 11) is 0. The Kier molecular flexibility index (Phi) is 5.61. The minimum atomic E-state index is -0.667. The first kappa shape index (κ1) is 16.8. The van der Waals surface area contributed by atoms with Gasteiger partial charge in [0.1, 0.15) is 10.7 Å². The predicted molar refractivity (Wildman–Crippen MR) is 83.7 cm³/mol. The van der Waals surface area contributed by atoms with Crippen LogP contribution in [0.3, 0.4) is 0 Å². The van der Waals surface area contributed by atoms with Gasteiger partial charge >= 0.3 is 6.03 Å². The van der Waals surface area contributed by atoms with Gasteiger partial charge < -0.3 is 16.2 Å². The van der Waals surface area contributed by atoms with Gasteiger partial charge in [0, 0.05) is 19.6 Å². The number of anilines is 1. The minimum Gasteiger partial charge on any atom is -0.396 e. The number of benzene rings is 1. The van der Waals surface area contributed by atoms with Gasteiger partial charge in [-0.1, -0.05) is 23.5 Å². The highest BCUT2D eigenvalue weighted by molar-refractivity contribution is 7.17. The minimum absolute atomic E-state index is 0.140. The summed E-state index contributed by atoms with van der Waals surface area (Å²) in [5.41, 5.74) is 6.17. The lowest BCUT2D eigenvalue weighted by atomic mass is 10.2. The van der Waals surface area contributed by atoms with Crippen molar-refractivity contribution in [1.82, 2.24) is 10.3 Å². The summed E-state index contributed by atoms with van der Waals surface area (Å²) in [6, 6.07) is 5.30. The van der Waals surface area contributed by atoms with E-state index in [4.69, 9.17) is 10.8 Å². The fourth-order valence-electron chi connectivity index (χ4n) is 1.84. The van der Waals surface area contributed by atoms with Crippen LogP contribution in [0.2, 0.25) is 0 Å². The number of primary amides is 1. The Labute approximate surface area is 135 Å². The molecule has 1 heterocycles. The summed E-state index contributed by atoms with van der Waals surface area (Å²) >= 11 is 0.931. The number of carbonyl (C=O) groups excluding carboxylic acids is 2. The number of thiazole rings is 1. The number of amides is 3. The number of hydrogen-bond donors (Lipinski definition) is 4. The second-order valence-corrected chi connectivity index (χ2v) is 5.57. The quantitative estimate of drug-likeness (QED) is 0.634. The molecule has 5 N–H and O–H groups in total. The van der Waals surface area contributed by atoms with Crippen molar-refractivity contribution < 1.29 is 19.1 Å². The molecule has 0 atom stereocenters. The Morgan fingerprint density at radius 1 is 1.39 bits per heavy atom. The second-order valence-electron chi connectivity index (χ2n) is 4.57. The van der Waals surface area contributed by atoms with E-state index < -0.39 is 11.9 Å². The SMILES string of the molecule is NC(=O)c1sc(NC(=O)NCc2cccc(F)c2)nc1CCO. The Bertz CT molecular complexity index is 720. The van der Waals surface area contributed by atoms with Gasteiger partial charge in [-0.15, -0.1) is 0 Å². The highest BCUT2D eigenvalue weighted by Crippen LogP contribution is 2.23. The smallest absolute Gasteiger partial charge is 0.321 e. The summed E-state index contributed by atoms with van der Waals surface area (Å²) in [6.45, 7) is -0.0453. The number of carbonyl (C=O) groups is 2. The predicted octanol–water partition coefficient (Wildman–Crippen LogP) is 1.24. The van der Waals surface area contributed by atoms with Gasteiger partial charge in [-0.3, -0.25) is 10.1 Å². The van der Waals surface area contributed by atoms with E-state index in [0.29, 0.717) is 11.3 Å². The van der Waals surface area contributed by atoms with Gasteiger partial charge in [-0.25, -0.2) is 14.2 Å². The lowest BCUT2D eigenvalue weighted by Crippen LogP contribution is -2.28. The van der Waals surface area contributed by atoms with Crippen molar-refractivity contribution in [2.45, 2.75) is 13.0 Å². The molecule has 1 aromatic heterocycles. The van der Waals surface area contributed by atoms with Crippen LogP contribution in [0.5, 0.6) is 0 Å². The van der Waals surface area contributed by atoms with Gasteiger partial charge in [-0.2, -0.15) is 0 Å². The molecule has 0 fully saturated rings. The van der Waals surface area contributed by atoms with Crippen molar-refractivity contribution in [1.29, 1.82) is 0 Å². The second kappa shape index (κ2) is 7.65. The van der Waals surface area contributed by atoms with E-state index in [9.17, 15) is 14.0 Å². The summed E-state index contributed by atoms with van der Waals surface area (Å²) in [6.07, 6.45) is 0.168. The third-order valence-electron chi connectivity index (χ3n) is 2.83. The van der Waals surface area contributed by atoms with E-state index in [1.807, 2.05) is 0 Å². The lowest BCUT2D eigenvalue weighted by molar-refractivity contribution is 0.100. The standard InChI is InChI=1S/C14H15FN4O3S/c15-9-3-1-2-8(6-9)7-17-13(22)19-14-18-10(4-5-20)11(23-14)12(16)21/h1-3,6,20H,4-5,7H2,(H2,16,21)(H2,17,18,19,22). The maximum absolute atomic E-state index is 13.0. The number of hydrogen-bond acceptors (Lipinski definition) is 5. The first-order valence-corrected chi connectivity index (χ1v) is 7.51. The molecule has 0 bridgehead atoms. The molecular formula is C14H15FN4O3S. The van der Waals surface area contributed by atoms with Crippen LogP contribution in [-0.4, -0.2) is 28.6 Å². The molecule has 0 radical (unpaired) electrons. The maximum Gasteiger partial charge on any atom is 0.321 e. The average Bonchev–Trinajstić information content (AvgIpc) is 2.88. The van der Waals surface area contributed by atoms with E-state index in [2.05, 4.69) is 15.6 Å². The summed E-state index contributed by atoms with van der Waals surface area (Å²) in [5, 5.41) is 14.1. The van der Waals surface area contributed by atoms with Crippen molar-refractivity contribution in [2.24, 2.45) is 5.73 Å². The zero-order valence-electron chi connectivity index (χ0n) is 12.0. The summed E-state index contributed by atoms with van der Waals surface area (Å²) in [5.74, 6) is -1.05. The first-order valence-electron chi connectivity index (χ1n) is 6.69. The Morgan fingerprint density at radius 2 is 2.17 bits per heavy atom. The van der Waals surface area contributed by atoms with Gasteiger partial charge in [-0.05, 0) is 17.7 Å². The molecular weight excluding hydrogens is 323 g/mol. The van der Waals surface area contributed by atoms with Gasteiger partial charge in [0.25, 0.3) is 5.91 Å². The molecule has 9 heteroatoms. The number of aliphatic hydroxyl groups is 1. The molecule has 23 heavy (non-hydrogen) atoms. The van der Waals surface area contributed by atoms with Crippen molar-refractivity contribution in [3.63, 3.8) is 0 Å². The number of nitrogens with zero attached hydrogens (tertiary/aromatic N) is 1. The molecule has 0 aliphatic carbocycles. The van der Waals surface area contributed by atoms with Crippen LogP contribution in [0.15, 0.2) is 24.3 Å².